The summed E-state index contributed by atoms with van der Waals surface area (Å²) in [5, 5.41) is 21.4. The summed E-state index contributed by atoms with van der Waals surface area (Å²) in [6.45, 7) is 4.45. The van der Waals surface area contributed by atoms with E-state index in [0.717, 1.165) is 32.1 Å². The molecule has 7 heteroatoms. The van der Waals surface area contributed by atoms with Crippen molar-refractivity contribution in [3.63, 3.8) is 0 Å². The van der Waals surface area contributed by atoms with Gasteiger partial charge in [-0.15, -0.1) is 0 Å². The van der Waals surface area contributed by atoms with Gasteiger partial charge in [-0.3, -0.25) is 0 Å². The van der Waals surface area contributed by atoms with Crippen molar-refractivity contribution in [2.75, 3.05) is 13.2 Å². The lowest BCUT2D eigenvalue weighted by atomic mass is 10.00. The van der Waals surface area contributed by atoms with Gasteiger partial charge in [0.1, 0.15) is 12.2 Å². The molecule has 2 N–H and O–H groups in total. The lowest BCUT2D eigenvalue weighted by Gasteiger charge is -2.39. The van der Waals surface area contributed by atoms with Gasteiger partial charge < -0.3 is 24.4 Å². The van der Waals surface area contributed by atoms with E-state index < -0.39 is 24.4 Å². The van der Waals surface area contributed by atoms with Crippen LogP contribution in [0.1, 0.15) is 155 Å². The molecule has 39 heavy (non-hydrogen) atoms. The molecule has 0 amide bonds. The Balaban J connectivity index is 2.27. The molecule has 1 heterocycles. The normalized spacial score (nSPS) is 21.1. The molecule has 0 bridgehead atoms. The summed E-state index contributed by atoms with van der Waals surface area (Å²) >= 11 is 11.0. The van der Waals surface area contributed by atoms with Gasteiger partial charge in [0, 0.05) is 12.8 Å². The zero-order valence-electron chi connectivity index (χ0n) is 25.2. The highest BCUT2D eigenvalue weighted by Crippen LogP contribution is 2.24. The number of unbranched alkanes of at least 4 members (excludes halogenated alkanes) is 18. The molecule has 1 saturated heterocycles. The molecule has 0 saturated carbocycles. The lowest BCUT2D eigenvalue weighted by molar-refractivity contribution is -0.186. The summed E-state index contributed by atoms with van der Waals surface area (Å²) in [5.74, 6) is 0. The van der Waals surface area contributed by atoms with Gasteiger partial charge in [0.25, 0.3) is 0 Å². The summed E-state index contributed by atoms with van der Waals surface area (Å²) < 4.78 is 17.7. The molecule has 1 aliphatic rings. The molecule has 5 nitrogen and oxygen atoms in total. The van der Waals surface area contributed by atoms with Crippen molar-refractivity contribution in [1.82, 2.24) is 0 Å². The SMILES string of the molecule is CCCCCCCCCCCCC(=S)O[C@@H]1[C@@H](O)[C@H](CO)OC[C@H]1OC(=S)CCCCCCCCCCCC. The predicted molar refractivity (Wildman–Crippen MR) is 171 cm³/mol. The van der Waals surface area contributed by atoms with E-state index >= 15 is 0 Å². The van der Waals surface area contributed by atoms with Gasteiger partial charge in [-0.1, -0.05) is 129 Å². The van der Waals surface area contributed by atoms with Gasteiger partial charge >= 0.3 is 0 Å². The summed E-state index contributed by atoms with van der Waals surface area (Å²) in [7, 11) is 0. The highest BCUT2D eigenvalue weighted by atomic mass is 32.1. The Morgan fingerprint density at radius 2 is 1.03 bits per heavy atom. The second-order valence-corrected chi connectivity index (χ2v) is 12.3. The van der Waals surface area contributed by atoms with Crippen LogP contribution in [-0.4, -0.2) is 57.9 Å². The van der Waals surface area contributed by atoms with E-state index in [1.807, 2.05) is 0 Å². The number of aliphatic hydroxyl groups excluding tert-OH is 2. The summed E-state index contributed by atoms with van der Waals surface area (Å²) in [6, 6.07) is 0. The van der Waals surface area contributed by atoms with Crippen molar-refractivity contribution in [3.05, 3.63) is 0 Å². The number of thiocarbonyl (C=S) groups is 2. The Morgan fingerprint density at radius 1 is 0.641 bits per heavy atom. The van der Waals surface area contributed by atoms with Crippen molar-refractivity contribution in [1.29, 1.82) is 0 Å². The second kappa shape index (κ2) is 25.4. The van der Waals surface area contributed by atoms with Crippen LogP contribution in [0.25, 0.3) is 0 Å². The van der Waals surface area contributed by atoms with Crippen LogP contribution >= 0.6 is 24.4 Å². The van der Waals surface area contributed by atoms with Crippen molar-refractivity contribution in [2.45, 2.75) is 180 Å². The van der Waals surface area contributed by atoms with E-state index in [1.165, 1.54) is 103 Å². The van der Waals surface area contributed by atoms with E-state index in [0.29, 0.717) is 16.5 Å². The minimum absolute atomic E-state index is 0.214. The molecule has 0 aromatic rings. The maximum Gasteiger partial charge on any atom is 0.167 e. The Kier molecular flexibility index (Phi) is 23.9. The van der Waals surface area contributed by atoms with Crippen LogP contribution < -0.4 is 0 Å². The molecule has 1 rings (SSSR count). The van der Waals surface area contributed by atoms with Gasteiger partial charge in [-0.05, 0) is 37.3 Å². The Labute approximate surface area is 251 Å². The number of aliphatic hydroxyl groups is 2. The maximum absolute atomic E-state index is 10.8. The second-order valence-electron chi connectivity index (χ2n) is 11.4. The molecule has 0 spiro atoms. The van der Waals surface area contributed by atoms with Crippen LogP contribution in [-0.2, 0) is 14.2 Å². The van der Waals surface area contributed by atoms with Crippen LogP contribution in [0, 0.1) is 0 Å². The molecule has 0 aliphatic carbocycles. The first-order valence-corrected chi connectivity index (χ1v) is 17.1. The largest absolute Gasteiger partial charge is 0.477 e. The first kappa shape index (κ1) is 36.7. The average Bonchev–Trinajstić information content (AvgIpc) is 2.93. The van der Waals surface area contributed by atoms with E-state index in [2.05, 4.69) is 13.8 Å². The summed E-state index contributed by atoms with van der Waals surface area (Å²) in [6.07, 6.45) is 23.9. The molecular weight excluding hydrogens is 528 g/mol. The van der Waals surface area contributed by atoms with Gasteiger partial charge in [0.15, 0.2) is 22.3 Å². The van der Waals surface area contributed by atoms with Crippen LogP contribution in [0.2, 0.25) is 0 Å². The minimum atomic E-state index is -1.01. The van der Waals surface area contributed by atoms with Crippen molar-refractivity contribution < 1.29 is 24.4 Å². The minimum Gasteiger partial charge on any atom is -0.477 e. The first-order valence-electron chi connectivity index (χ1n) is 16.3. The summed E-state index contributed by atoms with van der Waals surface area (Å²) in [5.41, 5.74) is 0. The van der Waals surface area contributed by atoms with E-state index in [-0.39, 0.29) is 13.2 Å². The van der Waals surface area contributed by atoms with Gasteiger partial charge in [0.05, 0.1) is 13.2 Å². The third-order valence-electron chi connectivity index (χ3n) is 7.76. The number of hydrogen-bond acceptors (Lipinski definition) is 7. The molecule has 1 aliphatic heterocycles. The fourth-order valence-corrected chi connectivity index (χ4v) is 5.73. The third-order valence-corrected chi connectivity index (χ3v) is 8.36. The van der Waals surface area contributed by atoms with Crippen LogP contribution in [0.4, 0.5) is 0 Å². The predicted octanol–water partition coefficient (Wildman–Crippen LogP) is 8.79. The smallest absolute Gasteiger partial charge is 0.167 e. The number of rotatable bonds is 25. The monoisotopic (exact) mass is 588 g/mol. The molecule has 1 fully saturated rings. The summed E-state index contributed by atoms with van der Waals surface area (Å²) in [4.78, 5) is 0. The van der Waals surface area contributed by atoms with Crippen LogP contribution in [0.3, 0.4) is 0 Å². The molecule has 4 atom stereocenters. The van der Waals surface area contributed by atoms with Crippen molar-refractivity contribution in [3.8, 4) is 0 Å². The molecule has 0 radical (unpaired) electrons. The highest BCUT2D eigenvalue weighted by molar-refractivity contribution is 7.80. The Morgan fingerprint density at radius 3 is 1.44 bits per heavy atom. The Bertz CT molecular complexity index is 603. The lowest BCUT2D eigenvalue weighted by Crippen LogP contribution is -2.56. The highest BCUT2D eigenvalue weighted by Gasteiger charge is 2.43. The molecule has 0 aromatic heterocycles. The molecular formula is C32H60O5S2. The van der Waals surface area contributed by atoms with Gasteiger partial charge in [0.2, 0.25) is 0 Å². The standard InChI is InChI=1S/C32H60O5S2/c1-3-5-7-9-11-13-15-17-19-21-23-29(38)36-28-26-35-27(25-33)31(34)32(28)37-30(39)24-22-20-18-16-14-12-10-8-6-4-2/h27-28,31-34H,3-26H2,1-2H3/t27-,28+,31-,32-/m0/s1. The van der Waals surface area contributed by atoms with Gasteiger partial charge in [-0.25, -0.2) is 0 Å². The van der Waals surface area contributed by atoms with E-state index in [4.69, 9.17) is 38.6 Å². The molecule has 0 unspecified atom stereocenters. The quantitative estimate of drug-likeness (QED) is 0.0816. The third kappa shape index (κ3) is 18.7. The average molecular weight is 589 g/mol. The maximum atomic E-state index is 10.8. The van der Waals surface area contributed by atoms with Crippen LogP contribution in [0.15, 0.2) is 0 Å². The van der Waals surface area contributed by atoms with E-state index in [9.17, 15) is 10.2 Å². The zero-order chi connectivity index (χ0) is 28.6. The molecule has 230 valence electrons. The van der Waals surface area contributed by atoms with Gasteiger partial charge in [-0.2, -0.15) is 0 Å². The van der Waals surface area contributed by atoms with Crippen molar-refractivity contribution >= 4 is 34.5 Å². The number of hydrogen-bond donors (Lipinski definition) is 2. The topological polar surface area (TPSA) is 68.2 Å². The number of ether oxygens (including phenoxy) is 3. The fourth-order valence-electron chi connectivity index (χ4n) is 5.20. The molecule has 0 aromatic carbocycles. The first-order chi connectivity index (χ1) is 19.0. The fraction of sp³-hybridized carbons (Fsp3) is 0.938. The van der Waals surface area contributed by atoms with Crippen molar-refractivity contribution in [2.24, 2.45) is 0 Å². The Hall–Kier alpha value is -0.340. The van der Waals surface area contributed by atoms with Crippen LogP contribution in [0.5, 0.6) is 0 Å². The zero-order valence-corrected chi connectivity index (χ0v) is 26.8. The van der Waals surface area contributed by atoms with E-state index in [1.54, 1.807) is 0 Å².